The molecule has 1 aliphatic heterocycles. The fraction of sp³-hybridized carbons (Fsp3) is 0.600. The first-order valence-corrected chi connectivity index (χ1v) is 7.29. The molecule has 6 heteroatoms. The molecule has 1 unspecified atom stereocenters. The fourth-order valence-electron chi connectivity index (χ4n) is 2.68. The fourth-order valence-corrected chi connectivity index (χ4v) is 2.68. The molecule has 0 aliphatic carbocycles. The summed E-state index contributed by atoms with van der Waals surface area (Å²) < 4.78 is 13.5. The molecule has 0 saturated carbocycles. The van der Waals surface area contributed by atoms with Crippen LogP contribution in [0.2, 0.25) is 0 Å². The minimum absolute atomic E-state index is 0.338. The largest absolute Gasteiger partial charge is 0.369 e. The Morgan fingerprint density at radius 2 is 2.10 bits per heavy atom. The molecule has 0 radical (unpaired) electrons. The standard InChI is InChI=1S/C15H23FN4O/c1-3-15(11-16,14(17)21)12-4-5-18-13(10-12)20-8-6-19(2)7-9-20/h4-5,10H,3,6-9,11H2,1-2H3,(H2,17,21). The lowest BCUT2D eigenvalue weighted by Crippen LogP contribution is -2.45. The molecule has 1 amide bonds. The number of carbonyl (C=O) groups is 1. The van der Waals surface area contributed by atoms with Crippen molar-refractivity contribution in [3.05, 3.63) is 23.9 Å². The van der Waals surface area contributed by atoms with Crippen molar-refractivity contribution in [3.8, 4) is 0 Å². The van der Waals surface area contributed by atoms with Gasteiger partial charge < -0.3 is 15.5 Å². The van der Waals surface area contributed by atoms with E-state index < -0.39 is 18.0 Å². The number of likely N-dealkylation sites (N-methyl/N-ethyl adjacent to an activating group) is 1. The normalized spacial score (nSPS) is 19.3. The van der Waals surface area contributed by atoms with Gasteiger partial charge in [0.15, 0.2) is 0 Å². The molecule has 2 rings (SSSR count). The minimum atomic E-state index is -1.25. The van der Waals surface area contributed by atoms with Crippen LogP contribution in [-0.4, -0.2) is 55.7 Å². The van der Waals surface area contributed by atoms with Crippen molar-refractivity contribution < 1.29 is 9.18 Å². The lowest BCUT2D eigenvalue weighted by molar-refractivity contribution is -0.124. The Morgan fingerprint density at radius 1 is 1.43 bits per heavy atom. The van der Waals surface area contributed by atoms with Gasteiger partial charge in [0.05, 0.1) is 0 Å². The number of amides is 1. The van der Waals surface area contributed by atoms with Crippen LogP contribution >= 0.6 is 0 Å². The summed E-state index contributed by atoms with van der Waals surface area (Å²) in [5, 5.41) is 0. The average molecular weight is 294 g/mol. The van der Waals surface area contributed by atoms with Gasteiger partial charge >= 0.3 is 0 Å². The third-order valence-corrected chi connectivity index (χ3v) is 4.43. The number of hydrogen-bond donors (Lipinski definition) is 1. The van der Waals surface area contributed by atoms with Crippen LogP contribution in [0.1, 0.15) is 18.9 Å². The van der Waals surface area contributed by atoms with E-state index in [9.17, 15) is 9.18 Å². The molecule has 116 valence electrons. The van der Waals surface area contributed by atoms with E-state index >= 15 is 0 Å². The highest BCUT2D eigenvalue weighted by atomic mass is 19.1. The van der Waals surface area contributed by atoms with Crippen LogP contribution in [0.4, 0.5) is 10.2 Å². The number of piperazine rings is 1. The summed E-state index contributed by atoms with van der Waals surface area (Å²) >= 11 is 0. The third-order valence-electron chi connectivity index (χ3n) is 4.43. The quantitative estimate of drug-likeness (QED) is 0.878. The van der Waals surface area contributed by atoms with E-state index in [0.717, 1.165) is 32.0 Å². The molecule has 2 heterocycles. The summed E-state index contributed by atoms with van der Waals surface area (Å²) in [6, 6.07) is 3.49. The van der Waals surface area contributed by atoms with Gasteiger partial charge in [-0.1, -0.05) is 6.92 Å². The minimum Gasteiger partial charge on any atom is -0.369 e. The average Bonchev–Trinajstić information content (AvgIpc) is 2.50. The summed E-state index contributed by atoms with van der Waals surface area (Å²) in [5.41, 5.74) is 4.82. The molecular formula is C15H23FN4O. The molecular weight excluding hydrogens is 271 g/mol. The maximum absolute atomic E-state index is 13.5. The van der Waals surface area contributed by atoms with Crippen molar-refractivity contribution in [2.24, 2.45) is 5.73 Å². The number of nitrogens with two attached hydrogens (primary N) is 1. The van der Waals surface area contributed by atoms with E-state index in [0.29, 0.717) is 12.0 Å². The Morgan fingerprint density at radius 3 is 2.62 bits per heavy atom. The second-order valence-electron chi connectivity index (χ2n) is 5.63. The molecule has 2 N–H and O–H groups in total. The van der Waals surface area contributed by atoms with E-state index in [4.69, 9.17) is 5.73 Å². The number of hydrogen-bond acceptors (Lipinski definition) is 4. The summed E-state index contributed by atoms with van der Waals surface area (Å²) in [4.78, 5) is 20.5. The first-order chi connectivity index (χ1) is 10.0. The van der Waals surface area contributed by atoms with E-state index in [1.54, 1.807) is 25.3 Å². The molecule has 0 spiro atoms. The number of anilines is 1. The number of carbonyl (C=O) groups excluding carboxylic acids is 1. The van der Waals surface area contributed by atoms with Gasteiger partial charge in [0, 0.05) is 32.4 Å². The van der Waals surface area contributed by atoms with E-state index in [1.165, 1.54) is 0 Å². The van der Waals surface area contributed by atoms with Crippen LogP contribution in [0, 0.1) is 0 Å². The molecule has 1 atom stereocenters. The van der Waals surface area contributed by atoms with Gasteiger partial charge in [-0.2, -0.15) is 0 Å². The summed E-state index contributed by atoms with van der Waals surface area (Å²) in [6.45, 7) is 4.66. The number of nitrogens with zero attached hydrogens (tertiary/aromatic N) is 3. The van der Waals surface area contributed by atoms with Crippen LogP contribution in [-0.2, 0) is 10.2 Å². The topological polar surface area (TPSA) is 62.5 Å². The van der Waals surface area contributed by atoms with E-state index in [1.807, 2.05) is 0 Å². The van der Waals surface area contributed by atoms with Gasteiger partial charge in [0.2, 0.25) is 5.91 Å². The summed E-state index contributed by atoms with van der Waals surface area (Å²) in [6.07, 6.45) is 1.97. The molecule has 5 nitrogen and oxygen atoms in total. The zero-order chi connectivity index (χ0) is 15.5. The van der Waals surface area contributed by atoms with Gasteiger partial charge in [-0.15, -0.1) is 0 Å². The number of pyridine rings is 1. The highest BCUT2D eigenvalue weighted by molar-refractivity contribution is 5.87. The van der Waals surface area contributed by atoms with Crippen LogP contribution in [0.25, 0.3) is 0 Å². The van der Waals surface area contributed by atoms with Gasteiger partial charge in [-0.3, -0.25) is 4.79 Å². The zero-order valence-corrected chi connectivity index (χ0v) is 12.7. The molecule has 1 saturated heterocycles. The van der Waals surface area contributed by atoms with Crippen molar-refractivity contribution in [2.75, 3.05) is 44.8 Å². The Kier molecular flexibility index (Phi) is 4.77. The van der Waals surface area contributed by atoms with Crippen molar-refractivity contribution in [1.82, 2.24) is 9.88 Å². The Hall–Kier alpha value is -1.69. The van der Waals surface area contributed by atoms with Crippen LogP contribution in [0.3, 0.4) is 0 Å². The monoisotopic (exact) mass is 294 g/mol. The summed E-state index contributed by atoms with van der Waals surface area (Å²) in [5.74, 6) is 0.163. The maximum atomic E-state index is 13.5. The Labute approximate surface area is 124 Å². The van der Waals surface area contributed by atoms with Gasteiger partial charge in [-0.05, 0) is 31.2 Å². The zero-order valence-electron chi connectivity index (χ0n) is 12.7. The molecule has 21 heavy (non-hydrogen) atoms. The lowest BCUT2D eigenvalue weighted by Gasteiger charge is -2.34. The van der Waals surface area contributed by atoms with Crippen LogP contribution in [0.15, 0.2) is 18.3 Å². The Balaban J connectivity index is 2.30. The molecule has 1 aliphatic rings. The third kappa shape index (κ3) is 3.00. The first-order valence-electron chi connectivity index (χ1n) is 7.29. The smallest absolute Gasteiger partial charge is 0.230 e. The van der Waals surface area contributed by atoms with Crippen LogP contribution < -0.4 is 10.6 Å². The van der Waals surface area contributed by atoms with Crippen molar-refractivity contribution in [3.63, 3.8) is 0 Å². The van der Waals surface area contributed by atoms with Gasteiger partial charge in [-0.25, -0.2) is 9.37 Å². The number of alkyl halides is 1. The SMILES string of the molecule is CCC(CF)(C(N)=O)c1ccnc(N2CCN(C)CC2)c1. The maximum Gasteiger partial charge on any atom is 0.230 e. The lowest BCUT2D eigenvalue weighted by atomic mass is 9.79. The van der Waals surface area contributed by atoms with Gasteiger partial charge in [0.1, 0.15) is 17.9 Å². The molecule has 1 aromatic heterocycles. The molecule has 0 aromatic carbocycles. The van der Waals surface area contributed by atoms with Crippen molar-refractivity contribution >= 4 is 11.7 Å². The van der Waals surface area contributed by atoms with Gasteiger partial charge in [0.25, 0.3) is 0 Å². The predicted octanol–water partition coefficient (Wildman–Crippen LogP) is 0.936. The van der Waals surface area contributed by atoms with Crippen LogP contribution in [0.5, 0.6) is 0 Å². The highest BCUT2D eigenvalue weighted by Gasteiger charge is 2.37. The van der Waals surface area contributed by atoms with Crippen molar-refractivity contribution in [1.29, 1.82) is 0 Å². The number of aromatic nitrogens is 1. The Bertz CT molecular complexity index is 496. The molecule has 1 aromatic rings. The predicted molar refractivity (Wildman–Crippen MR) is 81.1 cm³/mol. The van der Waals surface area contributed by atoms with Crippen molar-refractivity contribution in [2.45, 2.75) is 18.8 Å². The van der Waals surface area contributed by atoms with E-state index in [2.05, 4.69) is 21.8 Å². The second-order valence-corrected chi connectivity index (χ2v) is 5.63. The number of rotatable bonds is 5. The number of primary amides is 1. The van der Waals surface area contributed by atoms with E-state index in [-0.39, 0.29) is 0 Å². The molecule has 1 fully saturated rings. The highest BCUT2D eigenvalue weighted by Crippen LogP contribution is 2.30. The number of halogens is 1. The summed E-state index contributed by atoms with van der Waals surface area (Å²) in [7, 11) is 2.08. The second kappa shape index (κ2) is 6.39. The molecule has 0 bridgehead atoms. The first kappa shape index (κ1) is 15.7.